The van der Waals surface area contributed by atoms with Crippen molar-refractivity contribution in [3.63, 3.8) is 0 Å². The Balaban J connectivity index is 1.97. The minimum absolute atomic E-state index is 0.0492. The minimum Gasteiger partial charge on any atom is -0.486 e. The molecule has 0 unspecified atom stereocenters. The molecular weight excluding hydrogens is 325 g/mol. The Kier molecular flexibility index (Phi) is 3.96. The van der Waals surface area contributed by atoms with Gasteiger partial charge in [-0.2, -0.15) is 0 Å². The van der Waals surface area contributed by atoms with Gasteiger partial charge in [-0.25, -0.2) is 4.79 Å². The summed E-state index contributed by atoms with van der Waals surface area (Å²) >= 11 is 12.5. The van der Waals surface area contributed by atoms with Crippen LogP contribution < -0.4 is 4.74 Å². The Bertz CT molecular complexity index is 843. The number of carboxylic acid groups (broad SMARTS) is 1. The molecule has 0 atom stereocenters. The van der Waals surface area contributed by atoms with Gasteiger partial charge in [-0.3, -0.25) is 0 Å². The molecule has 22 heavy (non-hydrogen) atoms. The lowest BCUT2D eigenvalue weighted by Gasteiger charge is -2.10. The van der Waals surface area contributed by atoms with Crippen molar-refractivity contribution < 1.29 is 14.6 Å². The zero-order valence-electron chi connectivity index (χ0n) is 11.3. The predicted octanol–water partition coefficient (Wildman–Crippen LogP) is 4.75. The number of aromatic carboxylic acids is 1. The lowest BCUT2D eigenvalue weighted by Crippen LogP contribution is -1.96. The van der Waals surface area contributed by atoms with Gasteiger partial charge in [-0.15, -0.1) is 0 Å². The molecule has 0 fully saturated rings. The molecule has 112 valence electrons. The third-order valence-electron chi connectivity index (χ3n) is 3.23. The van der Waals surface area contributed by atoms with E-state index in [0.29, 0.717) is 33.3 Å². The van der Waals surface area contributed by atoms with Crippen molar-refractivity contribution >= 4 is 40.1 Å². The van der Waals surface area contributed by atoms with E-state index in [1.165, 1.54) is 6.07 Å². The number of hydrogen-bond donors (Lipinski definition) is 2. The summed E-state index contributed by atoms with van der Waals surface area (Å²) < 4.78 is 5.71. The summed E-state index contributed by atoms with van der Waals surface area (Å²) in [5.74, 6) is -0.717. The Hall–Kier alpha value is -2.17. The molecule has 0 bridgehead atoms. The van der Waals surface area contributed by atoms with Crippen LogP contribution in [0.4, 0.5) is 0 Å². The van der Waals surface area contributed by atoms with Crippen molar-refractivity contribution in [2.45, 2.75) is 6.61 Å². The highest BCUT2D eigenvalue weighted by Gasteiger charge is 2.16. The molecule has 0 saturated heterocycles. The van der Waals surface area contributed by atoms with Gasteiger partial charge in [0.2, 0.25) is 0 Å². The molecule has 0 saturated carbocycles. The number of aromatic nitrogens is 1. The van der Waals surface area contributed by atoms with Gasteiger partial charge in [-0.05, 0) is 17.7 Å². The van der Waals surface area contributed by atoms with Crippen molar-refractivity contribution in [3.05, 3.63) is 63.8 Å². The number of carboxylic acids is 1. The molecule has 3 aromatic rings. The third-order valence-corrected chi connectivity index (χ3v) is 3.88. The van der Waals surface area contributed by atoms with Gasteiger partial charge >= 0.3 is 5.97 Å². The number of rotatable bonds is 4. The number of carbonyl (C=O) groups is 1. The Labute approximate surface area is 136 Å². The lowest BCUT2D eigenvalue weighted by atomic mass is 10.2. The number of benzene rings is 2. The zero-order valence-corrected chi connectivity index (χ0v) is 12.8. The van der Waals surface area contributed by atoms with Crippen molar-refractivity contribution in [2.75, 3.05) is 0 Å². The largest absolute Gasteiger partial charge is 0.486 e. The van der Waals surface area contributed by atoms with E-state index in [1.807, 2.05) is 30.3 Å². The first kappa shape index (κ1) is 14.8. The Morgan fingerprint density at radius 3 is 2.59 bits per heavy atom. The summed E-state index contributed by atoms with van der Waals surface area (Å²) in [6.45, 7) is 0.321. The summed E-state index contributed by atoms with van der Waals surface area (Å²) in [6.07, 6.45) is 0. The fraction of sp³-hybridized carbons (Fsp3) is 0.0625. The van der Waals surface area contributed by atoms with Gasteiger partial charge in [0.1, 0.15) is 12.3 Å². The second kappa shape index (κ2) is 5.91. The molecule has 3 rings (SSSR count). The van der Waals surface area contributed by atoms with Crippen molar-refractivity contribution in [3.8, 4) is 5.75 Å². The summed E-state index contributed by atoms with van der Waals surface area (Å²) in [5.41, 5.74) is 1.59. The highest BCUT2D eigenvalue weighted by Crippen LogP contribution is 2.39. The van der Waals surface area contributed by atoms with E-state index >= 15 is 0 Å². The lowest BCUT2D eigenvalue weighted by molar-refractivity contribution is 0.0691. The maximum atomic E-state index is 11.0. The van der Waals surface area contributed by atoms with E-state index in [1.54, 1.807) is 6.07 Å². The van der Waals surface area contributed by atoms with Crippen LogP contribution in [0.3, 0.4) is 0 Å². The summed E-state index contributed by atoms with van der Waals surface area (Å²) in [7, 11) is 0. The maximum Gasteiger partial charge on any atom is 0.352 e. The fourth-order valence-corrected chi connectivity index (χ4v) is 2.78. The molecule has 0 spiro atoms. The number of aromatic amines is 1. The quantitative estimate of drug-likeness (QED) is 0.723. The zero-order chi connectivity index (χ0) is 15.7. The molecule has 0 radical (unpaired) electrons. The second-order valence-electron chi connectivity index (χ2n) is 4.73. The first-order chi connectivity index (χ1) is 10.6. The number of ether oxygens (including phenoxy) is 1. The third kappa shape index (κ3) is 2.75. The number of H-pyrrole nitrogens is 1. The minimum atomic E-state index is -1.06. The summed E-state index contributed by atoms with van der Waals surface area (Å²) in [5, 5.41) is 10.2. The van der Waals surface area contributed by atoms with E-state index in [0.717, 1.165) is 5.56 Å². The normalized spacial score (nSPS) is 10.8. The number of nitrogens with one attached hydrogen (secondary N) is 1. The van der Waals surface area contributed by atoms with Gasteiger partial charge < -0.3 is 14.8 Å². The van der Waals surface area contributed by atoms with Crippen LogP contribution in [0.1, 0.15) is 16.1 Å². The van der Waals surface area contributed by atoms with Crippen LogP contribution in [0.5, 0.6) is 5.75 Å². The van der Waals surface area contributed by atoms with Gasteiger partial charge in [0.05, 0.1) is 10.0 Å². The van der Waals surface area contributed by atoms with Gasteiger partial charge in [0.25, 0.3) is 0 Å². The number of halogens is 2. The SMILES string of the molecule is O=C(O)c1cc2c(Cl)c(OCc3ccccc3)c(Cl)cc2[nH]1. The van der Waals surface area contributed by atoms with Gasteiger partial charge in [-0.1, -0.05) is 53.5 Å². The number of fused-ring (bicyclic) bond motifs is 1. The molecule has 6 heteroatoms. The molecule has 0 aliphatic heterocycles. The summed E-state index contributed by atoms with van der Waals surface area (Å²) in [6, 6.07) is 12.7. The van der Waals surface area contributed by atoms with Crippen molar-refractivity contribution in [1.82, 2.24) is 4.98 Å². The molecule has 0 aliphatic rings. The van der Waals surface area contributed by atoms with Crippen LogP contribution in [-0.4, -0.2) is 16.1 Å². The van der Waals surface area contributed by atoms with Crippen LogP contribution >= 0.6 is 23.2 Å². The van der Waals surface area contributed by atoms with Crippen LogP contribution in [0.2, 0.25) is 10.0 Å². The van der Waals surface area contributed by atoms with E-state index in [-0.39, 0.29) is 5.69 Å². The molecule has 1 heterocycles. The topological polar surface area (TPSA) is 62.3 Å². The average molecular weight is 336 g/mol. The van der Waals surface area contributed by atoms with E-state index < -0.39 is 5.97 Å². The van der Waals surface area contributed by atoms with Crippen molar-refractivity contribution in [2.24, 2.45) is 0 Å². The first-order valence-corrected chi connectivity index (χ1v) is 7.22. The molecule has 0 amide bonds. The second-order valence-corrected chi connectivity index (χ2v) is 5.51. The van der Waals surface area contributed by atoms with Gasteiger partial charge in [0, 0.05) is 10.9 Å². The van der Waals surface area contributed by atoms with Crippen LogP contribution in [0, 0.1) is 0 Å². The Morgan fingerprint density at radius 1 is 1.18 bits per heavy atom. The predicted molar refractivity (Wildman–Crippen MR) is 86.1 cm³/mol. The van der Waals surface area contributed by atoms with Gasteiger partial charge in [0.15, 0.2) is 5.75 Å². The molecule has 4 nitrogen and oxygen atoms in total. The first-order valence-electron chi connectivity index (χ1n) is 6.47. The summed E-state index contributed by atoms with van der Waals surface area (Å²) in [4.78, 5) is 13.8. The average Bonchev–Trinajstić information content (AvgIpc) is 2.92. The van der Waals surface area contributed by atoms with Crippen LogP contribution in [0.25, 0.3) is 10.9 Å². The Morgan fingerprint density at radius 2 is 1.91 bits per heavy atom. The maximum absolute atomic E-state index is 11.0. The van der Waals surface area contributed by atoms with E-state index in [4.69, 9.17) is 33.0 Å². The van der Waals surface area contributed by atoms with Crippen LogP contribution in [-0.2, 0) is 6.61 Å². The monoisotopic (exact) mass is 335 g/mol. The molecule has 0 aliphatic carbocycles. The molecule has 1 aromatic heterocycles. The van der Waals surface area contributed by atoms with Crippen LogP contribution in [0.15, 0.2) is 42.5 Å². The van der Waals surface area contributed by atoms with Crippen molar-refractivity contribution in [1.29, 1.82) is 0 Å². The number of hydrogen-bond acceptors (Lipinski definition) is 2. The molecular formula is C16H11Cl2NO3. The molecule has 2 N–H and O–H groups in total. The smallest absolute Gasteiger partial charge is 0.352 e. The fourth-order valence-electron chi connectivity index (χ4n) is 2.16. The van der Waals surface area contributed by atoms with E-state index in [9.17, 15) is 4.79 Å². The molecule has 2 aromatic carbocycles. The highest BCUT2D eigenvalue weighted by atomic mass is 35.5. The standard InChI is InChI=1S/C16H11Cl2NO3/c17-11-7-12-10(6-13(19-12)16(20)21)14(18)15(11)22-8-9-4-2-1-3-5-9/h1-7,19H,8H2,(H,20,21). The highest BCUT2D eigenvalue weighted by molar-refractivity contribution is 6.41. The van der Waals surface area contributed by atoms with E-state index in [2.05, 4.69) is 4.98 Å².